The SMILES string of the molecule is CC(C)C1CCCC(NCC2CC2)(C(N)=O)C1. The fourth-order valence-electron chi connectivity index (χ4n) is 3.02. The summed E-state index contributed by atoms with van der Waals surface area (Å²) in [7, 11) is 0. The lowest BCUT2D eigenvalue weighted by molar-refractivity contribution is -0.126. The number of carbonyl (C=O) groups excluding carboxylic acids is 1. The maximum Gasteiger partial charge on any atom is 0.237 e. The van der Waals surface area contributed by atoms with Gasteiger partial charge >= 0.3 is 0 Å². The van der Waals surface area contributed by atoms with E-state index in [1.54, 1.807) is 0 Å². The molecule has 0 heterocycles. The van der Waals surface area contributed by atoms with Crippen LogP contribution < -0.4 is 11.1 Å². The summed E-state index contributed by atoms with van der Waals surface area (Å²) in [6, 6.07) is 0. The summed E-state index contributed by atoms with van der Waals surface area (Å²) in [5.41, 5.74) is 5.26. The molecular formula is C14H26N2O. The molecule has 2 atom stereocenters. The van der Waals surface area contributed by atoms with Crippen molar-refractivity contribution in [2.45, 2.75) is 57.9 Å². The molecule has 2 rings (SSSR count). The summed E-state index contributed by atoms with van der Waals surface area (Å²) in [5.74, 6) is 1.95. The van der Waals surface area contributed by atoms with Gasteiger partial charge in [-0.25, -0.2) is 0 Å². The molecular weight excluding hydrogens is 212 g/mol. The number of hydrogen-bond donors (Lipinski definition) is 2. The lowest BCUT2D eigenvalue weighted by atomic mass is 9.71. The zero-order chi connectivity index (χ0) is 12.5. The van der Waals surface area contributed by atoms with Crippen molar-refractivity contribution in [3.05, 3.63) is 0 Å². The molecule has 2 aliphatic carbocycles. The number of amides is 1. The molecule has 17 heavy (non-hydrogen) atoms. The van der Waals surface area contributed by atoms with Gasteiger partial charge in [0.25, 0.3) is 0 Å². The normalized spacial score (nSPS) is 33.9. The van der Waals surface area contributed by atoms with Crippen LogP contribution in [0.4, 0.5) is 0 Å². The van der Waals surface area contributed by atoms with Crippen LogP contribution in [0.1, 0.15) is 52.4 Å². The number of carbonyl (C=O) groups is 1. The van der Waals surface area contributed by atoms with Gasteiger partial charge < -0.3 is 11.1 Å². The van der Waals surface area contributed by atoms with Crippen molar-refractivity contribution in [1.29, 1.82) is 0 Å². The van der Waals surface area contributed by atoms with E-state index in [0.29, 0.717) is 11.8 Å². The second kappa shape index (κ2) is 4.97. The van der Waals surface area contributed by atoms with Gasteiger partial charge in [-0.15, -0.1) is 0 Å². The molecule has 0 aromatic rings. The number of nitrogens with one attached hydrogen (secondary N) is 1. The Bertz CT molecular complexity index is 286. The number of nitrogens with two attached hydrogens (primary N) is 1. The van der Waals surface area contributed by atoms with Crippen molar-refractivity contribution < 1.29 is 4.79 Å². The highest BCUT2D eigenvalue weighted by Crippen LogP contribution is 2.37. The van der Waals surface area contributed by atoms with Gasteiger partial charge in [-0.3, -0.25) is 4.79 Å². The minimum atomic E-state index is -0.407. The quantitative estimate of drug-likeness (QED) is 0.770. The van der Waals surface area contributed by atoms with Crippen LogP contribution in [0.15, 0.2) is 0 Å². The summed E-state index contributed by atoms with van der Waals surface area (Å²) in [6.45, 7) is 5.49. The topological polar surface area (TPSA) is 55.1 Å². The smallest absolute Gasteiger partial charge is 0.237 e. The third kappa shape index (κ3) is 3.01. The zero-order valence-electron chi connectivity index (χ0n) is 11.2. The highest BCUT2D eigenvalue weighted by molar-refractivity contribution is 5.84. The lowest BCUT2D eigenvalue weighted by Gasteiger charge is -2.41. The van der Waals surface area contributed by atoms with Gasteiger partial charge in [0.2, 0.25) is 5.91 Å². The standard InChI is InChI=1S/C14H26N2O/c1-10(2)12-4-3-7-14(8-12,13(15)17)16-9-11-5-6-11/h10-12,16H,3-9H2,1-2H3,(H2,15,17). The van der Waals surface area contributed by atoms with Crippen LogP contribution >= 0.6 is 0 Å². The summed E-state index contributed by atoms with van der Waals surface area (Å²) in [5, 5.41) is 3.51. The van der Waals surface area contributed by atoms with Gasteiger partial charge in [-0.05, 0) is 50.0 Å². The Morgan fingerprint density at radius 3 is 2.65 bits per heavy atom. The van der Waals surface area contributed by atoms with Crippen LogP contribution in [0.2, 0.25) is 0 Å². The molecule has 0 aromatic carbocycles. The van der Waals surface area contributed by atoms with Crippen LogP contribution in [0, 0.1) is 17.8 Å². The maximum atomic E-state index is 11.8. The molecule has 98 valence electrons. The minimum absolute atomic E-state index is 0.136. The monoisotopic (exact) mass is 238 g/mol. The molecule has 2 saturated carbocycles. The van der Waals surface area contributed by atoms with Crippen LogP contribution in [-0.4, -0.2) is 18.0 Å². The van der Waals surface area contributed by atoms with Gasteiger partial charge in [0.15, 0.2) is 0 Å². The first-order valence-electron chi connectivity index (χ1n) is 7.08. The van der Waals surface area contributed by atoms with Gasteiger partial charge in [0.05, 0.1) is 5.54 Å². The molecule has 0 bridgehead atoms. The molecule has 0 radical (unpaired) electrons. The van der Waals surface area contributed by atoms with Crippen LogP contribution in [-0.2, 0) is 4.79 Å². The average Bonchev–Trinajstić information content (AvgIpc) is 3.10. The van der Waals surface area contributed by atoms with Crippen molar-refractivity contribution in [3.63, 3.8) is 0 Å². The lowest BCUT2D eigenvalue weighted by Crippen LogP contribution is -2.58. The molecule has 0 aliphatic heterocycles. The summed E-state index contributed by atoms with van der Waals surface area (Å²) in [4.78, 5) is 11.8. The Labute approximate surface area is 105 Å². The summed E-state index contributed by atoms with van der Waals surface area (Å²) in [6.07, 6.45) is 6.87. The number of hydrogen-bond acceptors (Lipinski definition) is 2. The summed E-state index contributed by atoms with van der Waals surface area (Å²) >= 11 is 0. The van der Waals surface area contributed by atoms with Gasteiger partial charge in [-0.1, -0.05) is 26.7 Å². The van der Waals surface area contributed by atoms with Crippen LogP contribution in [0.3, 0.4) is 0 Å². The van der Waals surface area contributed by atoms with Crippen molar-refractivity contribution in [3.8, 4) is 0 Å². The fraction of sp³-hybridized carbons (Fsp3) is 0.929. The second-order valence-corrected chi connectivity index (χ2v) is 6.37. The first-order chi connectivity index (χ1) is 8.03. The van der Waals surface area contributed by atoms with E-state index in [2.05, 4.69) is 19.2 Å². The Balaban J connectivity index is 2.00. The number of rotatable bonds is 5. The van der Waals surface area contributed by atoms with Crippen molar-refractivity contribution in [2.24, 2.45) is 23.5 Å². The maximum absolute atomic E-state index is 11.8. The molecule has 2 fully saturated rings. The molecule has 0 saturated heterocycles. The third-order valence-electron chi connectivity index (χ3n) is 4.63. The first kappa shape index (κ1) is 12.9. The highest BCUT2D eigenvalue weighted by Gasteiger charge is 2.42. The van der Waals surface area contributed by atoms with Gasteiger partial charge in [0, 0.05) is 0 Å². The van der Waals surface area contributed by atoms with E-state index >= 15 is 0 Å². The predicted molar refractivity (Wildman–Crippen MR) is 69.4 cm³/mol. The minimum Gasteiger partial charge on any atom is -0.368 e. The van der Waals surface area contributed by atoms with Crippen molar-refractivity contribution in [1.82, 2.24) is 5.32 Å². The second-order valence-electron chi connectivity index (χ2n) is 6.37. The van der Waals surface area contributed by atoms with E-state index in [1.165, 1.54) is 19.3 Å². The predicted octanol–water partition coefficient (Wildman–Crippen LogP) is 2.06. The van der Waals surface area contributed by atoms with E-state index in [1.807, 2.05) is 0 Å². The van der Waals surface area contributed by atoms with Crippen LogP contribution in [0.5, 0.6) is 0 Å². The molecule has 2 unspecified atom stereocenters. The van der Waals surface area contributed by atoms with E-state index in [0.717, 1.165) is 31.7 Å². The van der Waals surface area contributed by atoms with Crippen molar-refractivity contribution >= 4 is 5.91 Å². The Morgan fingerprint density at radius 2 is 2.12 bits per heavy atom. The summed E-state index contributed by atoms with van der Waals surface area (Å²) < 4.78 is 0. The van der Waals surface area contributed by atoms with E-state index < -0.39 is 5.54 Å². The molecule has 0 spiro atoms. The first-order valence-corrected chi connectivity index (χ1v) is 7.08. The van der Waals surface area contributed by atoms with Gasteiger partial charge in [0.1, 0.15) is 0 Å². The van der Waals surface area contributed by atoms with E-state index in [9.17, 15) is 4.79 Å². The molecule has 3 nitrogen and oxygen atoms in total. The Hall–Kier alpha value is -0.570. The Morgan fingerprint density at radius 1 is 1.41 bits per heavy atom. The van der Waals surface area contributed by atoms with E-state index in [4.69, 9.17) is 5.73 Å². The highest BCUT2D eigenvalue weighted by atomic mass is 16.1. The van der Waals surface area contributed by atoms with Crippen LogP contribution in [0.25, 0.3) is 0 Å². The zero-order valence-corrected chi connectivity index (χ0v) is 11.2. The van der Waals surface area contributed by atoms with Gasteiger partial charge in [-0.2, -0.15) is 0 Å². The average molecular weight is 238 g/mol. The molecule has 1 amide bonds. The molecule has 3 N–H and O–H groups in total. The third-order valence-corrected chi connectivity index (χ3v) is 4.63. The fourth-order valence-corrected chi connectivity index (χ4v) is 3.02. The largest absolute Gasteiger partial charge is 0.368 e. The van der Waals surface area contributed by atoms with Crippen molar-refractivity contribution in [2.75, 3.05) is 6.54 Å². The molecule has 3 heteroatoms. The molecule has 2 aliphatic rings. The Kier molecular flexibility index (Phi) is 3.76. The number of primary amides is 1. The van der Waals surface area contributed by atoms with E-state index in [-0.39, 0.29) is 5.91 Å². The molecule has 0 aromatic heterocycles.